The molecule has 2 aromatic carbocycles. The van der Waals surface area contributed by atoms with Crippen molar-refractivity contribution >= 4 is 23.0 Å². The van der Waals surface area contributed by atoms with Crippen LogP contribution in [0.5, 0.6) is 11.5 Å². The number of nitrogens with one attached hydrogen (secondary N) is 1. The van der Waals surface area contributed by atoms with Crippen LogP contribution in [-0.4, -0.2) is 14.7 Å². The van der Waals surface area contributed by atoms with Gasteiger partial charge in [0.05, 0.1) is 17.8 Å². The highest BCUT2D eigenvalue weighted by atomic mass is 32.1. The Kier molecular flexibility index (Phi) is 5.84. The number of pyridine rings is 1. The lowest BCUT2D eigenvalue weighted by Gasteiger charge is -2.28. The van der Waals surface area contributed by atoms with Crippen LogP contribution < -0.4 is 15.0 Å². The van der Waals surface area contributed by atoms with Crippen molar-refractivity contribution in [3.8, 4) is 11.5 Å². The zero-order valence-electron chi connectivity index (χ0n) is 19.6. The monoisotopic (exact) mass is 468 g/mol. The van der Waals surface area contributed by atoms with Crippen LogP contribution in [0.2, 0.25) is 0 Å². The SMILES string of the molecule is CC(C)(C)n1ccc([C@@H]2[C@H](c3ccccn3)NC(=S)N2c2ccc(Oc3ccccc3)cc2)c1. The second kappa shape index (κ2) is 8.95. The maximum absolute atomic E-state index is 5.99. The van der Waals surface area contributed by atoms with Gasteiger partial charge in [0.2, 0.25) is 0 Å². The fourth-order valence-electron chi connectivity index (χ4n) is 4.28. The molecule has 0 spiro atoms. The zero-order chi connectivity index (χ0) is 23.7. The van der Waals surface area contributed by atoms with Gasteiger partial charge in [-0.2, -0.15) is 0 Å². The second-order valence-corrected chi connectivity index (χ2v) is 9.82. The molecule has 5 rings (SSSR count). The molecule has 1 saturated heterocycles. The molecule has 0 bridgehead atoms. The molecule has 3 heterocycles. The molecule has 1 fully saturated rings. The van der Waals surface area contributed by atoms with E-state index in [0.29, 0.717) is 5.11 Å². The Morgan fingerprint density at radius 1 is 0.882 bits per heavy atom. The van der Waals surface area contributed by atoms with Gasteiger partial charge in [-0.1, -0.05) is 24.3 Å². The third kappa shape index (κ3) is 4.41. The van der Waals surface area contributed by atoms with Crippen molar-refractivity contribution in [3.05, 3.63) is 109 Å². The lowest BCUT2D eigenvalue weighted by Crippen LogP contribution is -2.29. The molecule has 0 amide bonds. The number of aromatic nitrogens is 2. The summed E-state index contributed by atoms with van der Waals surface area (Å²) in [6.45, 7) is 6.61. The smallest absolute Gasteiger partial charge is 0.174 e. The summed E-state index contributed by atoms with van der Waals surface area (Å²) in [4.78, 5) is 6.82. The molecule has 0 saturated carbocycles. The number of ether oxygens (including phenoxy) is 1. The Hall–Kier alpha value is -3.64. The fraction of sp³-hybridized carbons (Fsp3) is 0.214. The van der Waals surface area contributed by atoms with Gasteiger partial charge in [0, 0.05) is 29.8 Å². The van der Waals surface area contributed by atoms with Crippen LogP contribution in [0, 0.1) is 0 Å². The molecule has 0 aliphatic carbocycles. The summed E-state index contributed by atoms with van der Waals surface area (Å²) in [7, 11) is 0. The van der Waals surface area contributed by atoms with E-state index >= 15 is 0 Å². The number of rotatable bonds is 5. The molecule has 5 nitrogen and oxygen atoms in total. The Morgan fingerprint density at radius 2 is 1.59 bits per heavy atom. The first-order chi connectivity index (χ1) is 16.4. The maximum Gasteiger partial charge on any atom is 0.174 e. The summed E-state index contributed by atoms with van der Waals surface area (Å²) in [5, 5.41) is 4.21. The number of hydrogen-bond acceptors (Lipinski definition) is 3. The molecule has 0 radical (unpaired) electrons. The number of para-hydroxylation sites is 1. The first-order valence-electron chi connectivity index (χ1n) is 11.4. The van der Waals surface area contributed by atoms with E-state index in [1.54, 1.807) is 0 Å². The van der Waals surface area contributed by atoms with Gasteiger partial charge < -0.3 is 19.5 Å². The van der Waals surface area contributed by atoms with Gasteiger partial charge in [0.25, 0.3) is 0 Å². The number of thiocarbonyl (C=S) groups is 1. The second-order valence-electron chi connectivity index (χ2n) is 9.43. The average Bonchev–Trinajstić information content (AvgIpc) is 3.46. The first kappa shape index (κ1) is 22.2. The topological polar surface area (TPSA) is 42.3 Å². The lowest BCUT2D eigenvalue weighted by molar-refractivity contribution is 0.397. The van der Waals surface area contributed by atoms with Crippen molar-refractivity contribution in [2.75, 3.05) is 4.90 Å². The summed E-state index contributed by atoms with van der Waals surface area (Å²) in [6, 6.07) is 26.0. The summed E-state index contributed by atoms with van der Waals surface area (Å²) in [6.07, 6.45) is 6.19. The molecule has 1 N–H and O–H groups in total. The van der Waals surface area contributed by atoms with Gasteiger partial charge >= 0.3 is 0 Å². The summed E-state index contributed by atoms with van der Waals surface area (Å²) >= 11 is 5.84. The molecule has 1 aliphatic heterocycles. The Labute approximate surface area is 206 Å². The molecule has 34 heavy (non-hydrogen) atoms. The van der Waals surface area contributed by atoms with Gasteiger partial charge in [-0.05, 0) is 93.1 Å². The van der Waals surface area contributed by atoms with Crippen LogP contribution in [-0.2, 0) is 5.54 Å². The Balaban J connectivity index is 1.50. The van der Waals surface area contributed by atoms with Crippen LogP contribution in [0.1, 0.15) is 44.1 Å². The molecule has 2 atom stereocenters. The zero-order valence-corrected chi connectivity index (χ0v) is 20.4. The van der Waals surface area contributed by atoms with Crippen molar-refractivity contribution in [1.82, 2.24) is 14.9 Å². The summed E-state index contributed by atoms with van der Waals surface area (Å²) in [5.74, 6) is 1.59. The van der Waals surface area contributed by atoms with E-state index in [-0.39, 0.29) is 17.6 Å². The van der Waals surface area contributed by atoms with Gasteiger partial charge in [0.1, 0.15) is 11.5 Å². The van der Waals surface area contributed by atoms with Gasteiger partial charge in [0.15, 0.2) is 5.11 Å². The molecule has 1 aliphatic rings. The maximum atomic E-state index is 5.99. The number of nitrogens with zero attached hydrogens (tertiary/aromatic N) is 3. The van der Waals surface area contributed by atoms with Crippen molar-refractivity contribution in [3.63, 3.8) is 0 Å². The fourth-order valence-corrected chi connectivity index (χ4v) is 4.62. The first-order valence-corrected chi connectivity index (χ1v) is 11.8. The average molecular weight is 469 g/mol. The minimum Gasteiger partial charge on any atom is -0.457 e. The molecular weight excluding hydrogens is 440 g/mol. The molecule has 0 unspecified atom stereocenters. The molecule has 172 valence electrons. The minimum atomic E-state index is -0.0650. The summed E-state index contributed by atoms with van der Waals surface area (Å²) in [5.41, 5.74) is 3.14. The van der Waals surface area contributed by atoms with E-state index < -0.39 is 0 Å². The van der Waals surface area contributed by atoms with Gasteiger partial charge in [-0.25, -0.2) is 0 Å². The Morgan fingerprint density at radius 3 is 2.24 bits per heavy atom. The molecule has 6 heteroatoms. The van der Waals surface area contributed by atoms with E-state index in [1.165, 1.54) is 5.56 Å². The van der Waals surface area contributed by atoms with Crippen LogP contribution in [0.25, 0.3) is 0 Å². The molecular formula is C28H28N4OS. The van der Waals surface area contributed by atoms with Crippen LogP contribution in [0.3, 0.4) is 0 Å². The van der Waals surface area contributed by atoms with Crippen molar-refractivity contribution in [2.24, 2.45) is 0 Å². The van der Waals surface area contributed by atoms with Gasteiger partial charge in [-0.15, -0.1) is 0 Å². The van der Waals surface area contributed by atoms with Crippen molar-refractivity contribution < 1.29 is 4.74 Å². The van der Waals surface area contributed by atoms with Crippen LogP contribution >= 0.6 is 12.2 Å². The van der Waals surface area contributed by atoms with E-state index in [1.807, 2.05) is 66.9 Å². The van der Waals surface area contributed by atoms with Crippen LogP contribution in [0.15, 0.2) is 97.5 Å². The van der Waals surface area contributed by atoms with E-state index in [0.717, 1.165) is 22.9 Å². The third-order valence-corrected chi connectivity index (χ3v) is 6.34. The Bertz CT molecular complexity index is 1260. The van der Waals surface area contributed by atoms with Crippen molar-refractivity contribution in [1.29, 1.82) is 0 Å². The predicted molar refractivity (Wildman–Crippen MR) is 140 cm³/mol. The highest BCUT2D eigenvalue weighted by molar-refractivity contribution is 7.80. The quantitative estimate of drug-likeness (QED) is 0.334. The summed E-state index contributed by atoms with van der Waals surface area (Å²) < 4.78 is 8.23. The van der Waals surface area contributed by atoms with Crippen LogP contribution in [0.4, 0.5) is 5.69 Å². The normalized spacial score (nSPS) is 18.1. The van der Waals surface area contributed by atoms with Gasteiger partial charge in [-0.3, -0.25) is 4.98 Å². The third-order valence-electron chi connectivity index (χ3n) is 6.02. The largest absolute Gasteiger partial charge is 0.457 e. The highest BCUT2D eigenvalue weighted by Crippen LogP contribution is 2.42. The number of anilines is 1. The number of benzene rings is 2. The predicted octanol–water partition coefficient (Wildman–Crippen LogP) is 6.61. The standard InChI is InChI=1S/C28H28N4OS/c1-28(2,3)31-18-16-20(19-31)26-25(24-11-7-8-17-29-24)30-27(34)32(26)21-12-14-23(15-13-21)33-22-9-5-4-6-10-22/h4-19,25-26H,1-3H3,(H,30,34)/t25-,26+/m0/s1. The minimum absolute atomic E-state index is 0.00740. The number of hydrogen-bond donors (Lipinski definition) is 1. The van der Waals surface area contributed by atoms with Crippen molar-refractivity contribution in [2.45, 2.75) is 38.4 Å². The molecule has 4 aromatic rings. The molecule has 2 aromatic heterocycles. The van der Waals surface area contributed by atoms with E-state index in [4.69, 9.17) is 17.0 Å². The highest BCUT2D eigenvalue weighted by Gasteiger charge is 2.41. The van der Waals surface area contributed by atoms with E-state index in [9.17, 15) is 0 Å². The lowest BCUT2D eigenvalue weighted by atomic mass is 9.98. The van der Waals surface area contributed by atoms with E-state index in [2.05, 4.69) is 71.1 Å².